The minimum Gasteiger partial charge on any atom is -0.410 e. The quantitative estimate of drug-likeness (QED) is 0.781. The van der Waals surface area contributed by atoms with Crippen LogP contribution in [0.4, 0.5) is 4.79 Å². The molecular weight excluding hydrogens is 382 g/mol. The van der Waals surface area contributed by atoms with E-state index in [1.54, 1.807) is 24.1 Å². The largest absolute Gasteiger partial charge is 0.415 e. The minimum atomic E-state index is -0.672. The molecule has 0 bridgehead atoms. The summed E-state index contributed by atoms with van der Waals surface area (Å²) < 4.78 is 5.44. The zero-order valence-electron chi connectivity index (χ0n) is 17.2. The van der Waals surface area contributed by atoms with Gasteiger partial charge in [-0.1, -0.05) is 48.0 Å². The van der Waals surface area contributed by atoms with Crippen LogP contribution in [-0.2, 0) is 16.0 Å². The van der Waals surface area contributed by atoms with Crippen LogP contribution in [0, 0.1) is 6.92 Å². The second-order valence-electron chi connectivity index (χ2n) is 7.83. The molecule has 2 aromatic rings. The lowest BCUT2D eigenvalue weighted by Gasteiger charge is -2.48. The van der Waals surface area contributed by atoms with Gasteiger partial charge in [0, 0.05) is 26.6 Å². The molecule has 0 N–H and O–H groups in total. The summed E-state index contributed by atoms with van der Waals surface area (Å²) in [5.41, 5.74) is 2.08. The first kappa shape index (κ1) is 19.9. The van der Waals surface area contributed by atoms with Gasteiger partial charge in [-0.05, 0) is 24.6 Å². The van der Waals surface area contributed by atoms with Gasteiger partial charge in [0.25, 0.3) is 0 Å². The van der Waals surface area contributed by atoms with Gasteiger partial charge in [-0.25, -0.2) is 4.79 Å². The fourth-order valence-electron chi connectivity index (χ4n) is 4.00. The Morgan fingerprint density at radius 2 is 1.70 bits per heavy atom. The van der Waals surface area contributed by atoms with Gasteiger partial charge >= 0.3 is 6.09 Å². The number of nitrogens with zero attached hydrogens (tertiary/aromatic N) is 3. The molecule has 2 fully saturated rings. The van der Waals surface area contributed by atoms with Crippen LogP contribution in [0.15, 0.2) is 54.6 Å². The number of hydrogen-bond acceptors (Lipinski definition) is 4. The van der Waals surface area contributed by atoms with Gasteiger partial charge in [0.15, 0.2) is 0 Å². The van der Waals surface area contributed by atoms with Crippen LogP contribution < -0.4 is 4.74 Å². The molecule has 3 amide bonds. The summed E-state index contributed by atoms with van der Waals surface area (Å²) in [7, 11) is 1.66. The summed E-state index contributed by atoms with van der Waals surface area (Å²) >= 11 is 0. The Bertz CT molecular complexity index is 945. The molecule has 0 unspecified atom stereocenters. The SMILES string of the molecule is Cc1ccc(OC(=O)N2CCN3C(=O)[C@H](Cc4ccccc4)N(C)C(=O)[C@H]3C2)cc1. The summed E-state index contributed by atoms with van der Waals surface area (Å²) in [5.74, 6) is 0.236. The number of carbonyl (C=O) groups excluding carboxylic acids is 3. The average molecular weight is 407 g/mol. The molecular formula is C23H25N3O4. The molecule has 4 rings (SSSR count). The van der Waals surface area contributed by atoms with E-state index in [0.717, 1.165) is 11.1 Å². The van der Waals surface area contributed by atoms with Crippen molar-refractivity contribution in [2.45, 2.75) is 25.4 Å². The lowest BCUT2D eigenvalue weighted by molar-refractivity contribution is -0.163. The van der Waals surface area contributed by atoms with E-state index in [1.165, 1.54) is 9.80 Å². The van der Waals surface area contributed by atoms with E-state index in [1.807, 2.05) is 49.4 Å². The van der Waals surface area contributed by atoms with Crippen molar-refractivity contribution in [2.24, 2.45) is 0 Å². The number of rotatable bonds is 3. The van der Waals surface area contributed by atoms with Crippen molar-refractivity contribution in [3.05, 3.63) is 65.7 Å². The van der Waals surface area contributed by atoms with E-state index in [2.05, 4.69) is 0 Å². The molecule has 2 aromatic carbocycles. The Kier molecular flexibility index (Phi) is 5.44. The third-order valence-electron chi connectivity index (χ3n) is 5.80. The molecule has 2 aliphatic heterocycles. The summed E-state index contributed by atoms with van der Waals surface area (Å²) in [6.07, 6.45) is -0.0302. The number of hydrogen-bond donors (Lipinski definition) is 0. The molecule has 0 aromatic heterocycles. The predicted molar refractivity (Wildman–Crippen MR) is 111 cm³/mol. The van der Waals surface area contributed by atoms with E-state index in [-0.39, 0.29) is 18.4 Å². The van der Waals surface area contributed by atoms with Gasteiger partial charge in [-0.2, -0.15) is 0 Å². The number of carbonyl (C=O) groups is 3. The van der Waals surface area contributed by atoms with Crippen molar-refractivity contribution in [1.82, 2.24) is 14.7 Å². The monoisotopic (exact) mass is 407 g/mol. The standard InChI is InChI=1S/C23H25N3O4/c1-16-8-10-18(11-9-16)30-23(29)25-12-13-26-20(15-25)21(27)24(2)19(22(26)28)14-17-6-4-3-5-7-17/h3-11,19-20H,12-15H2,1-2H3/t19-,20+/m0/s1. The summed E-state index contributed by atoms with van der Waals surface area (Å²) in [6.45, 7) is 2.75. The Labute approximate surface area is 175 Å². The second kappa shape index (κ2) is 8.18. The van der Waals surface area contributed by atoms with Crippen molar-refractivity contribution < 1.29 is 19.1 Å². The van der Waals surface area contributed by atoms with Gasteiger partial charge in [-0.3, -0.25) is 9.59 Å². The second-order valence-corrected chi connectivity index (χ2v) is 7.83. The lowest BCUT2D eigenvalue weighted by atomic mass is 9.97. The first-order chi connectivity index (χ1) is 14.4. The van der Waals surface area contributed by atoms with E-state index in [4.69, 9.17) is 4.74 Å². The van der Waals surface area contributed by atoms with Crippen LogP contribution in [-0.4, -0.2) is 71.4 Å². The third kappa shape index (κ3) is 3.87. The normalized spacial score (nSPS) is 21.5. The third-order valence-corrected chi connectivity index (χ3v) is 5.80. The summed E-state index contributed by atoms with van der Waals surface area (Å²) in [4.78, 5) is 43.4. The molecule has 2 saturated heterocycles. The Morgan fingerprint density at radius 1 is 1.00 bits per heavy atom. The summed E-state index contributed by atoms with van der Waals surface area (Å²) in [6, 6.07) is 15.7. The average Bonchev–Trinajstić information content (AvgIpc) is 2.77. The van der Waals surface area contributed by atoms with E-state index in [0.29, 0.717) is 25.3 Å². The molecule has 30 heavy (non-hydrogen) atoms. The van der Waals surface area contributed by atoms with E-state index in [9.17, 15) is 14.4 Å². The zero-order valence-corrected chi connectivity index (χ0v) is 17.2. The molecule has 156 valence electrons. The topological polar surface area (TPSA) is 70.2 Å². The van der Waals surface area contributed by atoms with E-state index >= 15 is 0 Å². The number of ether oxygens (including phenoxy) is 1. The molecule has 0 spiro atoms. The zero-order chi connectivity index (χ0) is 21.3. The van der Waals surface area contributed by atoms with Crippen LogP contribution in [0.1, 0.15) is 11.1 Å². The highest BCUT2D eigenvalue weighted by Crippen LogP contribution is 2.24. The molecule has 2 aliphatic rings. The fraction of sp³-hybridized carbons (Fsp3) is 0.348. The van der Waals surface area contributed by atoms with Crippen molar-refractivity contribution in [3.63, 3.8) is 0 Å². The van der Waals surface area contributed by atoms with Gasteiger partial charge in [0.1, 0.15) is 17.8 Å². The molecule has 0 saturated carbocycles. The van der Waals surface area contributed by atoms with Crippen molar-refractivity contribution >= 4 is 17.9 Å². The molecule has 7 nitrogen and oxygen atoms in total. The van der Waals surface area contributed by atoms with Gasteiger partial charge in [0.05, 0.1) is 6.54 Å². The van der Waals surface area contributed by atoms with Crippen LogP contribution in [0.25, 0.3) is 0 Å². The molecule has 2 atom stereocenters. The highest BCUT2D eigenvalue weighted by molar-refractivity contribution is 5.97. The van der Waals surface area contributed by atoms with Gasteiger partial charge in [0.2, 0.25) is 11.8 Å². The number of aryl methyl sites for hydroxylation is 1. The number of likely N-dealkylation sites (N-methyl/N-ethyl adjacent to an activating group) is 1. The maximum absolute atomic E-state index is 13.1. The number of fused-ring (bicyclic) bond motifs is 1. The number of amides is 3. The number of piperazine rings is 2. The first-order valence-corrected chi connectivity index (χ1v) is 10.1. The van der Waals surface area contributed by atoms with Crippen molar-refractivity contribution in [3.8, 4) is 5.75 Å². The maximum Gasteiger partial charge on any atom is 0.415 e. The van der Waals surface area contributed by atoms with Crippen LogP contribution >= 0.6 is 0 Å². The smallest absolute Gasteiger partial charge is 0.410 e. The van der Waals surface area contributed by atoms with Gasteiger partial charge in [-0.15, -0.1) is 0 Å². The Balaban J connectivity index is 1.44. The van der Waals surface area contributed by atoms with Crippen LogP contribution in [0.3, 0.4) is 0 Å². The molecule has 2 heterocycles. The Morgan fingerprint density at radius 3 is 2.40 bits per heavy atom. The number of benzene rings is 2. The molecule has 7 heteroatoms. The first-order valence-electron chi connectivity index (χ1n) is 10.1. The summed E-state index contributed by atoms with van der Waals surface area (Å²) in [5, 5.41) is 0. The molecule has 0 aliphatic carbocycles. The Hall–Kier alpha value is -3.35. The van der Waals surface area contributed by atoms with Crippen molar-refractivity contribution in [2.75, 3.05) is 26.7 Å². The predicted octanol–water partition coefficient (Wildman–Crippen LogP) is 2.09. The van der Waals surface area contributed by atoms with E-state index < -0.39 is 18.2 Å². The van der Waals surface area contributed by atoms with Gasteiger partial charge < -0.3 is 19.4 Å². The maximum atomic E-state index is 13.1. The lowest BCUT2D eigenvalue weighted by Crippen LogP contribution is -2.70. The minimum absolute atomic E-state index is 0.0718. The van der Waals surface area contributed by atoms with Crippen LogP contribution in [0.5, 0.6) is 5.75 Å². The van der Waals surface area contributed by atoms with Crippen LogP contribution in [0.2, 0.25) is 0 Å². The highest BCUT2D eigenvalue weighted by atomic mass is 16.6. The highest BCUT2D eigenvalue weighted by Gasteiger charge is 2.47. The van der Waals surface area contributed by atoms with Crippen molar-refractivity contribution in [1.29, 1.82) is 0 Å². The fourth-order valence-corrected chi connectivity index (χ4v) is 4.00. The molecule has 0 radical (unpaired) electrons.